The van der Waals surface area contributed by atoms with Crippen molar-refractivity contribution >= 4 is 17.7 Å². The monoisotopic (exact) mass is 539 g/mol. The number of epoxide rings is 2. The molecule has 1 spiro atoms. The van der Waals surface area contributed by atoms with Gasteiger partial charge in [-0.15, -0.1) is 0 Å². The van der Waals surface area contributed by atoms with Crippen LogP contribution in [0.15, 0.2) is 42.5 Å². The fraction of sp³-hybridized carbons (Fsp3) is 0.633. The number of carbonyl (C=O) groups excluding carboxylic acids is 3. The van der Waals surface area contributed by atoms with Crippen molar-refractivity contribution in [3.8, 4) is 0 Å². The molecule has 3 aliphatic heterocycles. The number of ether oxygens (including phenoxy) is 3. The molecule has 2 aliphatic carbocycles. The highest BCUT2D eigenvalue weighted by Crippen LogP contribution is 2.71. The van der Waals surface area contributed by atoms with Gasteiger partial charge in [0.25, 0.3) is 0 Å². The number of carbonyl (C=O) groups is 3. The summed E-state index contributed by atoms with van der Waals surface area (Å²) in [7, 11) is 0. The number of aliphatic hydroxyl groups is 2. The topological polar surface area (TPSA) is 138 Å². The first-order valence-electron chi connectivity index (χ1n) is 13.8. The average molecular weight is 540 g/mol. The summed E-state index contributed by atoms with van der Waals surface area (Å²) in [6, 6.07) is 9.40. The molecule has 4 fully saturated rings. The maximum absolute atomic E-state index is 14.4. The Morgan fingerprint density at radius 3 is 2.51 bits per heavy atom. The summed E-state index contributed by atoms with van der Waals surface area (Å²) in [6.07, 6.45) is 0.231. The Balaban J connectivity index is 1.56. The van der Waals surface area contributed by atoms with Gasteiger partial charge in [0, 0.05) is 30.7 Å². The molecule has 1 aromatic carbocycles. The summed E-state index contributed by atoms with van der Waals surface area (Å²) in [5.74, 6) is -3.22. The Morgan fingerprint density at radius 2 is 1.85 bits per heavy atom. The van der Waals surface area contributed by atoms with Crippen molar-refractivity contribution in [2.75, 3.05) is 0 Å². The number of nitrogens with one attached hydrogen (secondary N) is 1. The van der Waals surface area contributed by atoms with E-state index in [1.54, 1.807) is 19.1 Å². The second-order valence-electron chi connectivity index (χ2n) is 12.6. The number of allylic oxidation sites excluding steroid dienone is 1. The van der Waals surface area contributed by atoms with Gasteiger partial charge < -0.3 is 29.7 Å². The number of fused-ring (bicyclic) bond motifs is 3. The molecule has 9 heteroatoms. The molecule has 0 radical (unpaired) electrons. The molecule has 0 aromatic heterocycles. The van der Waals surface area contributed by atoms with Crippen molar-refractivity contribution in [3.05, 3.63) is 48.0 Å². The van der Waals surface area contributed by atoms with Crippen LogP contribution in [0.25, 0.3) is 0 Å². The number of rotatable bonds is 3. The third-order valence-electron chi connectivity index (χ3n) is 10.3. The zero-order chi connectivity index (χ0) is 28.1. The molecule has 1 aromatic rings. The van der Waals surface area contributed by atoms with E-state index in [0.29, 0.717) is 12.8 Å². The summed E-state index contributed by atoms with van der Waals surface area (Å²) in [5, 5.41) is 26.4. The van der Waals surface area contributed by atoms with Crippen LogP contribution in [0.4, 0.5) is 0 Å². The number of esters is 1. The summed E-state index contributed by atoms with van der Waals surface area (Å²) in [5.41, 5.74) is -4.15. The van der Waals surface area contributed by atoms with Crippen molar-refractivity contribution in [2.24, 2.45) is 23.2 Å². The SMILES string of the molecule is CC(=O)O[C@@H]1[C@@H]2O[C@H]2[C@@](C)(O)C(=O)[C@@H](C)CC=CC2[C@H](O)[C@]3(C)O[C@]3(C)[C@H]3[C@H](Cc4ccccc4)NC(=O)[C@]213. The van der Waals surface area contributed by atoms with Crippen LogP contribution in [0.5, 0.6) is 0 Å². The van der Waals surface area contributed by atoms with E-state index in [0.717, 1.165) is 5.56 Å². The number of hydrogen-bond donors (Lipinski definition) is 3. The highest BCUT2D eigenvalue weighted by molar-refractivity contribution is 5.91. The molecule has 12 atom stereocenters. The minimum atomic E-state index is -1.84. The Morgan fingerprint density at radius 1 is 1.15 bits per heavy atom. The highest BCUT2D eigenvalue weighted by Gasteiger charge is 2.87. The molecule has 3 heterocycles. The normalized spacial score (nSPS) is 49.9. The van der Waals surface area contributed by atoms with Gasteiger partial charge in [0.2, 0.25) is 5.91 Å². The summed E-state index contributed by atoms with van der Waals surface area (Å²) in [4.78, 5) is 40.2. The summed E-state index contributed by atoms with van der Waals surface area (Å²) >= 11 is 0. The molecule has 210 valence electrons. The zero-order valence-electron chi connectivity index (χ0n) is 22.9. The van der Waals surface area contributed by atoms with Gasteiger partial charge in [-0.25, -0.2) is 0 Å². The zero-order valence-corrected chi connectivity index (χ0v) is 22.9. The third-order valence-corrected chi connectivity index (χ3v) is 10.3. The van der Waals surface area contributed by atoms with Gasteiger partial charge in [0.1, 0.15) is 40.5 Å². The van der Waals surface area contributed by atoms with Gasteiger partial charge in [-0.05, 0) is 39.2 Å². The molecule has 3 saturated heterocycles. The predicted molar refractivity (Wildman–Crippen MR) is 138 cm³/mol. The maximum Gasteiger partial charge on any atom is 0.303 e. The molecule has 39 heavy (non-hydrogen) atoms. The van der Waals surface area contributed by atoms with Gasteiger partial charge >= 0.3 is 5.97 Å². The van der Waals surface area contributed by atoms with E-state index in [4.69, 9.17) is 14.2 Å². The molecule has 5 aliphatic rings. The second kappa shape index (κ2) is 8.46. The molecule has 3 N–H and O–H groups in total. The molecule has 9 nitrogen and oxygen atoms in total. The maximum atomic E-state index is 14.4. The van der Waals surface area contributed by atoms with Crippen LogP contribution < -0.4 is 5.32 Å². The number of amides is 1. The van der Waals surface area contributed by atoms with Gasteiger partial charge in [-0.1, -0.05) is 49.4 Å². The van der Waals surface area contributed by atoms with E-state index in [1.165, 1.54) is 13.8 Å². The van der Waals surface area contributed by atoms with E-state index in [-0.39, 0.29) is 11.7 Å². The van der Waals surface area contributed by atoms with Gasteiger partial charge in [0.15, 0.2) is 5.78 Å². The number of hydrogen-bond acceptors (Lipinski definition) is 8. The number of Topliss-reactive ketones (excluding diaryl/α,β-unsaturated/α-hetero) is 1. The highest BCUT2D eigenvalue weighted by atomic mass is 16.7. The minimum absolute atomic E-state index is 0.304. The summed E-state index contributed by atoms with van der Waals surface area (Å²) in [6.45, 7) is 8.18. The molecule has 1 unspecified atom stereocenters. The van der Waals surface area contributed by atoms with Gasteiger partial charge in [-0.3, -0.25) is 14.4 Å². The van der Waals surface area contributed by atoms with Crippen LogP contribution in [0.1, 0.15) is 46.6 Å². The third kappa shape index (κ3) is 3.49. The average Bonchev–Trinajstić information content (AvgIpc) is 3.75. The van der Waals surface area contributed by atoms with Crippen molar-refractivity contribution in [1.29, 1.82) is 0 Å². The van der Waals surface area contributed by atoms with Gasteiger partial charge in [-0.2, -0.15) is 0 Å². The van der Waals surface area contributed by atoms with Crippen molar-refractivity contribution in [1.82, 2.24) is 5.32 Å². The van der Waals surface area contributed by atoms with Crippen LogP contribution in [0.3, 0.4) is 0 Å². The lowest BCUT2D eigenvalue weighted by atomic mass is 9.49. The van der Waals surface area contributed by atoms with Crippen LogP contribution in [-0.2, 0) is 35.0 Å². The first-order chi connectivity index (χ1) is 18.3. The van der Waals surface area contributed by atoms with Crippen LogP contribution >= 0.6 is 0 Å². The van der Waals surface area contributed by atoms with E-state index < -0.39 is 76.4 Å². The molecular weight excluding hydrogens is 502 g/mol. The Hall–Kier alpha value is -2.59. The lowest BCUT2D eigenvalue weighted by molar-refractivity contribution is -0.178. The van der Waals surface area contributed by atoms with Crippen LogP contribution in [-0.4, -0.2) is 75.1 Å². The Bertz CT molecular complexity index is 1250. The first-order valence-corrected chi connectivity index (χ1v) is 13.8. The number of ketones is 1. The molecule has 0 bridgehead atoms. The Kier molecular flexibility index (Phi) is 5.77. The fourth-order valence-electron chi connectivity index (χ4n) is 8.19. The van der Waals surface area contributed by atoms with Crippen LogP contribution in [0.2, 0.25) is 0 Å². The molecular formula is C30H37NO8. The lowest BCUT2D eigenvalue weighted by Crippen LogP contribution is -2.67. The minimum Gasteiger partial charge on any atom is -0.458 e. The second-order valence-corrected chi connectivity index (χ2v) is 12.6. The van der Waals surface area contributed by atoms with E-state index >= 15 is 0 Å². The van der Waals surface area contributed by atoms with Crippen LogP contribution in [0, 0.1) is 23.2 Å². The molecule has 1 saturated carbocycles. The number of benzene rings is 1. The largest absolute Gasteiger partial charge is 0.458 e. The van der Waals surface area contributed by atoms with Crippen molar-refractivity contribution in [2.45, 2.75) is 94.7 Å². The molecule has 6 rings (SSSR count). The fourth-order valence-corrected chi connectivity index (χ4v) is 8.19. The first kappa shape index (κ1) is 26.6. The predicted octanol–water partition coefficient (Wildman–Crippen LogP) is 1.48. The Labute approximate surface area is 227 Å². The smallest absolute Gasteiger partial charge is 0.303 e. The van der Waals surface area contributed by atoms with Gasteiger partial charge in [0.05, 0.1) is 6.10 Å². The lowest BCUT2D eigenvalue weighted by Gasteiger charge is -2.51. The quantitative estimate of drug-likeness (QED) is 0.298. The van der Waals surface area contributed by atoms with Crippen molar-refractivity contribution < 1.29 is 38.8 Å². The van der Waals surface area contributed by atoms with E-state index in [2.05, 4.69) is 5.32 Å². The van der Waals surface area contributed by atoms with Crippen molar-refractivity contribution in [3.63, 3.8) is 0 Å². The molecule has 1 amide bonds. The standard InChI is InChI=1S/C30H37NO8/c1-15-10-9-13-18-23(34)29(5)28(4,39-29)21-19(14-17-11-7-6-8-12-17)31-26(35)30(18,21)25(37-16(2)32)20-24(38-20)27(3,36)22(15)33/h6-9,11-13,15,18-21,23-25,34,36H,10,14H2,1-5H3,(H,31,35)/t15-,18?,19-,20+,21+,23-,24+,25+,27-,28+,29-,30-/m0/s1. The van der Waals surface area contributed by atoms with E-state index in [1.807, 2.05) is 44.2 Å². The number of aliphatic hydroxyl groups excluding tert-OH is 1. The summed E-state index contributed by atoms with van der Waals surface area (Å²) < 4.78 is 18.3. The van der Waals surface area contributed by atoms with E-state index in [9.17, 15) is 24.6 Å².